The van der Waals surface area contributed by atoms with Crippen LogP contribution in [0.25, 0.3) is 0 Å². The van der Waals surface area contributed by atoms with Gasteiger partial charge in [0.05, 0.1) is 19.1 Å². The number of amides is 1. The highest BCUT2D eigenvalue weighted by Crippen LogP contribution is 2.34. The SMILES string of the molecule is CCCNC(=O)[C@@H](C)N(c1cc(Cl)ccc1OC)S(C)(=O)=O. The molecule has 22 heavy (non-hydrogen) atoms. The van der Waals surface area contributed by atoms with Crippen LogP contribution in [0.1, 0.15) is 20.3 Å². The van der Waals surface area contributed by atoms with Gasteiger partial charge >= 0.3 is 0 Å². The summed E-state index contributed by atoms with van der Waals surface area (Å²) in [5.74, 6) is -0.0562. The van der Waals surface area contributed by atoms with Crippen LogP contribution in [-0.4, -0.2) is 40.3 Å². The van der Waals surface area contributed by atoms with Gasteiger partial charge in [0, 0.05) is 11.6 Å². The fraction of sp³-hybridized carbons (Fsp3) is 0.500. The molecule has 8 heteroatoms. The minimum absolute atomic E-state index is 0.233. The van der Waals surface area contributed by atoms with Crippen LogP contribution in [0.15, 0.2) is 18.2 Å². The van der Waals surface area contributed by atoms with Gasteiger partial charge in [-0.3, -0.25) is 9.10 Å². The summed E-state index contributed by atoms with van der Waals surface area (Å²) in [7, 11) is -2.28. The molecule has 124 valence electrons. The molecule has 0 aromatic heterocycles. The number of carbonyl (C=O) groups is 1. The third-order valence-electron chi connectivity index (χ3n) is 3.02. The Hall–Kier alpha value is -1.47. The summed E-state index contributed by atoms with van der Waals surface area (Å²) >= 11 is 5.96. The lowest BCUT2D eigenvalue weighted by molar-refractivity contribution is -0.121. The zero-order valence-corrected chi connectivity index (χ0v) is 14.7. The Labute approximate surface area is 136 Å². The number of nitrogens with zero attached hydrogens (tertiary/aromatic N) is 1. The first-order chi connectivity index (χ1) is 10.2. The van der Waals surface area contributed by atoms with E-state index in [4.69, 9.17) is 16.3 Å². The first-order valence-corrected chi connectivity index (χ1v) is 9.05. The van der Waals surface area contributed by atoms with Gasteiger partial charge < -0.3 is 10.1 Å². The van der Waals surface area contributed by atoms with E-state index in [1.165, 1.54) is 20.1 Å². The molecule has 1 aromatic carbocycles. The molecule has 0 heterocycles. The van der Waals surface area contributed by atoms with Crippen molar-refractivity contribution in [1.82, 2.24) is 5.32 Å². The molecule has 0 aliphatic carbocycles. The number of ether oxygens (including phenoxy) is 1. The highest BCUT2D eigenvalue weighted by molar-refractivity contribution is 7.92. The highest BCUT2D eigenvalue weighted by atomic mass is 35.5. The predicted octanol–water partition coefficient (Wildman–Crippen LogP) is 2.03. The maximum atomic E-state index is 12.2. The number of hydrogen-bond acceptors (Lipinski definition) is 4. The predicted molar refractivity (Wildman–Crippen MR) is 88.1 cm³/mol. The number of carbonyl (C=O) groups excluding carboxylic acids is 1. The Balaban J connectivity index is 3.31. The normalized spacial score (nSPS) is 12.6. The van der Waals surface area contributed by atoms with Crippen LogP contribution in [0.3, 0.4) is 0 Å². The van der Waals surface area contributed by atoms with Crippen LogP contribution >= 0.6 is 11.6 Å². The molecule has 0 aliphatic rings. The maximum absolute atomic E-state index is 12.2. The van der Waals surface area contributed by atoms with Gasteiger partial charge in [-0.15, -0.1) is 0 Å². The van der Waals surface area contributed by atoms with Gasteiger partial charge in [-0.1, -0.05) is 18.5 Å². The standard InChI is InChI=1S/C14H21ClN2O4S/c1-5-8-16-14(18)10(2)17(22(4,19)20)12-9-11(15)6-7-13(12)21-3/h6-7,9-10H,5,8H2,1-4H3,(H,16,18)/t10-/m1/s1. The number of anilines is 1. The number of benzene rings is 1. The first kappa shape index (κ1) is 18.6. The zero-order chi connectivity index (χ0) is 16.9. The molecule has 0 saturated heterocycles. The van der Waals surface area contributed by atoms with Crippen molar-refractivity contribution in [3.05, 3.63) is 23.2 Å². The van der Waals surface area contributed by atoms with Crippen LogP contribution in [0.4, 0.5) is 5.69 Å². The molecule has 0 fully saturated rings. The Morgan fingerprint density at radius 1 is 1.45 bits per heavy atom. The molecular weight excluding hydrogens is 328 g/mol. The molecular formula is C14H21ClN2O4S. The van der Waals surface area contributed by atoms with Crippen LogP contribution in [0, 0.1) is 0 Å². The average Bonchev–Trinajstić information content (AvgIpc) is 2.43. The van der Waals surface area contributed by atoms with Gasteiger partial charge in [0.1, 0.15) is 11.8 Å². The van der Waals surface area contributed by atoms with E-state index in [-0.39, 0.29) is 11.6 Å². The smallest absolute Gasteiger partial charge is 0.243 e. The Kier molecular flexibility index (Phi) is 6.49. The van der Waals surface area contributed by atoms with Gasteiger partial charge in [0.15, 0.2) is 0 Å². The van der Waals surface area contributed by atoms with E-state index in [9.17, 15) is 13.2 Å². The first-order valence-electron chi connectivity index (χ1n) is 6.83. The number of methoxy groups -OCH3 is 1. The lowest BCUT2D eigenvalue weighted by Crippen LogP contribution is -2.48. The van der Waals surface area contributed by atoms with Crippen LogP contribution < -0.4 is 14.4 Å². The van der Waals surface area contributed by atoms with Gasteiger partial charge in [0.25, 0.3) is 0 Å². The molecule has 0 unspecified atom stereocenters. The summed E-state index contributed by atoms with van der Waals surface area (Å²) in [5.41, 5.74) is 0.233. The summed E-state index contributed by atoms with van der Waals surface area (Å²) in [6.45, 7) is 3.92. The van der Waals surface area contributed by atoms with E-state index in [0.717, 1.165) is 17.0 Å². The molecule has 1 aromatic rings. The number of sulfonamides is 1. The monoisotopic (exact) mass is 348 g/mol. The Morgan fingerprint density at radius 3 is 2.59 bits per heavy atom. The summed E-state index contributed by atoms with van der Waals surface area (Å²) in [6, 6.07) is 3.69. The average molecular weight is 349 g/mol. The van der Waals surface area contributed by atoms with Crippen molar-refractivity contribution in [2.45, 2.75) is 26.3 Å². The third kappa shape index (κ3) is 4.51. The minimum Gasteiger partial charge on any atom is -0.495 e. The number of halogens is 1. The van der Waals surface area contributed by atoms with E-state index in [1.807, 2.05) is 6.92 Å². The molecule has 0 saturated carbocycles. The molecule has 0 radical (unpaired) electrons. The van der Waals surface area contributed by atoms with E-state index in [2.05, 4.69) is 5.32 Å². The Bertz CT molecular complexity index is 634. The fourth-order valence-corrected chi connectivity index (χ4v) is 3.35. The van der Waals surface area contributed by atoms with Crippen molar-refractivity contribution in [3.63, 3.8) is 0 Å². The molecule has 1 N–H and O–H groups in total. The van der Waals surface area contributed by atoms with Gasteiger partial charge in [-0.25, -0.2) is 8.42 Å². The number of nitrogens with one attached hydrogen (secondary N) is 1. The van der Waals surface area contributed by atoms with Gasteiger partial charge in [-0.05, 0) is 31.5 Å². The van der Waals surface area contributed by atoms with Gasteiger partial charge in [0.2, 0.25) is 15.9 Å². The van der Waals surface area contributed by atoms with Crippen molar-refractivity contribution >= 4 is 33.2 Å². The summed E-state index contributed by atoms with van der Waals surface area (Å²) in [6.07, 6.45) is 1.80. The number of rotatable bonds is 7. The second-order valence-electron chi connectivity index (χ2n) is 4.84. The lowest BCUT2D eigenvalue weighted by atomic mass is 10.2. The van der Waals surface area contributed by atoms with E-state index < -0.39 is 16.1 Å². The second kappa shape index (κ2) is 7.69. The van der Waals surface area contributed by atoms with Crippen LogP contribution in [0.5, 0.6) is 5.75 Å². The molecule has 1 amide bonds. The summed E-state index contributed by atoms with van der Waals surface area (Å²) < 4.78 is 30.6. The van der Waals surface area contributed by atoms with E-state index in [1.54, 1.807) is 12.1 Å². The number of hydrogen-bond donors (Lipinski definition) is 1. The maximum Gasteiger partial charge on any atom is 0.243 e. The van der Waals surface area contributed by atoms with Gasteiger partial charge in [-0.2, -0.15) is 0 Å². The fourth-order valence-electron chi connectivity index (χ4n) is 2.01. The van der Waals surface area contributed by atoms with Crippen molar-refractivity contribution in [2.24, 2.45) is 0 Å². The molecule has 1 atom stereocenters. The lowest BCUT2D eigenvalue weighted by Gasteiger charge is -2.29. The molecule has 0 bridgehead atoms. The minimum atomic E-state index is -3.70. The van der Waals surface area contributed by atoms with Crippen molar-refractivity contribution in [3.8, 4) is 5.75 Å². The van der Waals surface area contributed by atoms with E-state index in [0.29, 0.717) is 17.3 Å². The quantitative estimate of drug-likeness (QED) is 0.818. The van der Waals surface area contributed by atoms with Crippen molar-refractivity contribution in [2.75, 3.05) is 24.2 Å². The zero-order valence-electron chi connectivity index (χ0n) is 13.1. The van der Waals surface area contributed by atoms with Crippen molar-refractivity contribution < 1.29 is 17.9 Å². The molecule has 0 aliphatic heterocycles. The summed E-state index contributed by atoms with van der Waals surface area (Å²) in [5, 5.41) is 3.04. The largest absolute Gasteiger partial charge is 0.495 e. The topological polar surface area (TPSA) is 75.7 Å². The Morgan fingerprint density at radius 2 is 2.09 bits per heavy atom. The second-order valence-corrected chi connectivity index (χ2v) is 7.14. The van der Waals surface area contributed by atoms with Crippen LogP contribution in [-0.2, 0) is 14.8 Å². The molecule has 6 nitrogen and oxygen atoms in total. The molecule has 1 rings (SSSR count). The summed E-state index contributed by atoms with van der Waals surface area (Å²) in [4.78, 5) is 12.2. The van der Waals surface area contributed by atoms with Crippen LogP contribution in [0.2, 0.25) is 5.02 Å². The van der Waals surface area contributed by atoms with E-state index >= 15 is 0 Å². The third-order valence-corrected chi connectivity index (χ3v) is 4.48. The highest BCUT2D eigenvalue weighted by Gasteiger charge is 2.31. The molecule has 0 spiro atoms. The van der Waals surface area contributed by atoms with Crippen molar-refractivity contribution in [1.29, 1.82) is 0 Å².